The molecule has 0 bridgehead atoms. The van der Waals surface area contributed by atoms with Gasteiger partial charge in [-0.1, -0.05) is 44.2 Å². The molecule has 0 spiro atoms. The quantitative estimate of drug-likeness (QED) is 0.398. The average molecular weight is 409 g/mol. The van der Waals surface area contributed by atoms with E-state index in [9.17, 15) is 5.11 Å². The molecule has 2 heterocycles. The number of fused-ring (bicyclic) bond motifs is 1. The van der Waals surface area contributed by atoms with Crippen LogP contribution in [0.3, 0.4) is 0 Å². The van der Waals surface area contributed by atoms with Crippen LogP contribution >= 0.6 is 0 Å². The van der Waals surface area contributed by atoms with Gasteiger partial charge in [-0.15, -0.1) is 0 Å². The number of hydrogen-bond donors (Lipinski definition) is 1. The Morgan fingerprint density at radius 1 is 0.903 bits per heavy atom. The van der Waals surface area contributed by atoms with Crippen molar-refractivity contribution in [2.24, 2.45) is 0 Å². The Morgan fingerprint density at radius 3 is 2.42 bits per heavy atom. The van der Waals surface area contributed by atoms with E-state index in [-0.39, 0.29) is 0 Å². The summed E-state index contributed by atoms with van der Waals surface area (Å²) in [4.78, 5) is 9.13. The summed E-state index contributed by atoms with van der Waals surface area (Å²) in [5, 5.41) is 11.9. The van der Waals surface area contributed by atoms with Crippen molar-refractivity contribution in [2.45, 2.75) is 39.2 Å². The highest BCUT2D eigenvalue weighted by molar-refractivity contribution is 5.95. The molecular formula is C28H28N2O. The summed E-state index contributed by atoms with van der Waals surface area (Å²) < 4.78 is 0. The molecule has 0 unspecified atom stereocenters. The Balaban J connectivity index is 1.87. The Kier molecular flexibility index (Phi) is 5.71. The summed E-state index contributed by atoms with van der Waals surface area (Å²) in [5.74, 6) is 0.428. The molecule has 0 aliphatic heterocycles. The second-order valence-electron chi connectivity index (χ2n) is 8.76. The third-order valence-electron chi connectivity index (χ3n) is 5.50. The maximum atomic E-state index is 10.8. The van der Waals surface area contributed by atoms with Crippen molar-refractivity contribution in [3.05, 3.63) is 95.9 Å². The van der Waals surface area contributed by atoms with E-state index >= 15 is 0 Å². The minimum Gasteiger partial charge on any atom is -0.386 e. The highest BCUT2D eigenvalue weighted by Crippen LogP contribution is 2.33. The van der Waals surface area contributed by atoms with Gasteiger partial charge in [-0.2, -0.15) is 0 Å². The van der Waals surface area contributed by atoms with Crippen molar-refractivity contribution in [1.29, 1.82) is 0 Å². The summed E-state index contributed by atoms with van der Waals surface area (Å²) in [7, 11) is 0. The van der Waals surface area contributed by atoms with E-state index in [2.05, 4.69) is 66.3 Å². The fraction of sp³-hybridized carbons (Fsp3) is 0.214. The smallest absolute Gasteiger partial charge is 0.0861 e. The van der Waals surface area contributed by atoms with Gasteiger partial charge in [0.1, 0.15) is 0 Å². The van der Waals surface area contributed by atoms with Crippen molar-refractivity contribution in [3.8, 4) is 11.1 Å². The Labute approximate surface area is 184 Å². The summed E-state index contributed by atoms with van der Waals surface area (Å²) in [6.45, 7) is 8.01. The molecular weight excluding hydrogens is 380 g/mol. The van der Waals surface area contributed by atoms with Crippen LogP contribution in [0.4, 0.5) is 0 Å². The van der Waals surface area contributed by atoms with Crippen molar-refractivity contribution in [1.82, 2.24) is 9.97 Å². The second kappa shape index (κ2) is 8.44. The van der Waals surface area contributed by atoms with Gasteiger partial charge in [0.2, 0.25) is 0 Å². The van der Waals surface area contributed by atoms with Gasteiger partial charge in [-0.25, -0.2) is 0 Å². The van der Waals surface area contributed by atoms with Crippen LogP contribution in [0, 0.1) is 0 Å². The first-order valence-electron chi connectivity index (χ1n) is 10.7. The molecule has 31 heavy (non-hydrogen) atoms. The number of aromatic nitrogens is 2. The highest BCUT2D eigenvalue weighted by atomic mass is 16.3. The van der Waals surface area contributed by atoms with Crippen LogP contribution in [0.25, 0.3) is 33.7 Å². The molecule has 2 aromatic heterocycles. The first-order valence-corrected chi connectivity index (χ1v) is 10.7. The van der Waals surface area contributed by atoms with Crippen molar-refractivity contribution in [3.63, 3.8) is 0 Å². The van der Waals surface area contributed by atoms with Gasteiger partial charge in [-0.3, -0.25) is 9.97 Å². The maximum Gasteiger partial charge on any atom is 0.0861 e. The minimum atomic E-state index is -1.02. The maximum absolute atomic E-state index is 10.8. The van der Waals surface area contributed by atoms with Gasteiger partial charge in [0.05, 0.1) is 16.8 Å². The van der Waals surface area contributed by atoms with E-state index in [4.69, 9.17) is 0 Å². The number of rotatable bonds is 5. The molecule has 0 fully saturated rings. The predicted molar refractivity (Wildman–Crippen MR) is 130 cm³/mol. The number of aliphatic hydroxyl groups is 1. The zero-order valence-electron chi connectivity index (χ0n) is 18.5. The minimum absolute atomic E-state index is 0.428. The molecule has 0 amide bonds. The van der Waals surface area contributed by atoms with E-state index in [1.807, 2.05) is 36.5 Å². The van der Waals surface area contributed by atoms with E-state index < -0.39 is 5.60 Å². The van der Waals surface area contributed by atoms with Gasteiger partial charge >= 0.3 is 0 Å². The normalized spacial score (nSPS) is 12.5. The largest absolute Gasteiger partial charge is 0.386 e. The van der Waals surface area contributed by atoms with Crippen molar-refractivity contribution in [2.75, 3.05) is 0 Å². The Hall–Kier alpha value is -3.30. The van der Waals surface area contributed by atoms with Crippen LogP contribution in [0.1, 0.15) is 50.4 Å². The lowest BCUT2D eigenvalue weighted by Gasteiger charge is -2.21. The number of benzene rings is 2. The molecule has 0 saturated heterocycles. The lowest BCUT2D eigenvalue weighted by atomic mass is 9.91. The molecule has 3 nitrogen and oxygen atoms in total. The van der Waals surface area contributed by atoms with Gasteiger partial charge in [0.25, 0.3) is 0 Å². The number of hydrogen-bond acceptors (Lipinski definition) is 3. The third-order valence-corrected chi connectivity index (χ3v) is 5.50. The molecule has 0 radical (unpaired) electrons. The SMILES string of the molecule is CC(C)c1cc(-c2cccc(/C=C(\c3ccccn3)C(C)(C)O)c2)c2ncccc2c1. The number of pyridine rings is 2. The Morgan fingerprint density at radius 2 is 1.71 bits per heavy atom. The third kappa shape index (κ3) is 4.57. The van der Waals surface area contributed by atoms with Crippen LogP contribution in [0.5, 0.6) is 0 Å². The summed E-state index contributed by atoms with van der Waals surface area (Å²) >= 11 is 0. The molecule has 2 aromatic carbocycles. The zero-order valence-corrected chi connectivity index (χ0v) is 18.5. The first kappa shape index (κ1) is 21.0. The van der Waals surface area contributed by atoms with Crippen molar-refractivity contribution < 1.29 is 5.11 Å². The monoisotopic (exact) mass is 408 g/mol. The van der Waals surface area contributed by atoms with Crippen LogP contribution in [0.15, 0.2) is 79.1 Å². The summed E-state index contributed by atoms with van der Waals surface area (Å²) in [5.41, 5.74) is 6.08. The molecule has 4 aromatic rings. The zero-order chi connectivity index (χ0) is 22.0. The van der Waals surface area contributed by atoms with Gasteiger partial charge in [0, 0.05) is 28.9 Å². The lowest BCUT2D eigenvalue weighted by Crippen LogP contribution is -2.21. The first-order chi connectivity index (χ1) is 14.8. The molecule has 0 aliphatic rings. The van der Waals surface area contributed by atoms with E-state index in [0.717, 1.165) is 38.9 Å². The fourth-order valence-corrected chi connectivity index (χ4v) is 3.82. The molecule has 4 rings (SSSR count). The topological polar surface area (TPSA) is 46.0 Å². The van der Waals surface area contributed by atoms with E-state index in [1.165, 1.54) is 5.56 Å². The molecule has 156 valence electrons. The molecule has 0 atom stereocenters. The van der Waals surface area contributed by atoms with Crippen LogP contribution in [0.2, 0.25) is 0 Å². The van der Waals surface area contributed by atoms with E-state index in [1.54, 1.807) is 20.0 Å². The van der Waals surface area contributed by atoms with Crippen LogP contribution in [-0.2, 0) is 0 Å². The lowest BCUT2D eigenvalue weighted by molar-refractivity contribution is 0.144. The molecule has 0 saturated carbocycles. The summed E-state index contributed by atoms with van der Waals surface area (Å²) in [6.07, 6.45) is 5.62. The number of nitrogens with zero attached hydrogens (tertiary/aromatic N) is 2. The molecule has 0 aliphatic carbocycles. The predicted octanol–water partition coefficient (Wildman–Crippen LogP) is 6.73. The van der Waals surface area contributed by atoms with Crippen LogP contribution in [-0.4, -0.2) is 20.7 Å². The van der Waals surface area contributed by atoms with Crippen molar-refractivity contribution >= 4 is 22.6 Å². The summed E-state index contributed by atoms with van der Waals surface area (Å²) in [6, 6.07) is 22.7. The molecule has 1 N–H and O–H groups in total. The average Bonchev–Trinajstić information content (AvgIpc) is 2.76. The molecule has 3 heteroatoms. The second-order valence-corrected chi connectivity index (χ2v) is 8.76. The van der Waals surface area contributed by atoms with Crippen LogP contribution < -0.4 is 0 Å². The van der Waals surface area contributed by atoms with Gasteiger partial charge in [0.15, 0.2) is 0 Å². The van der Waals surface area contributed by atoms with Gasteiger partial charge < -0.3 is 5.11 Å². The van der Waals surface area contributed by atoms with E-state index in [0.29, 0.717) is 5.92 Å². The highest BCUT2D eigenvalue weighted by Gasteiger charge is 2.22. The Bertz CT molecular complexity index is 1230. The fourth-order valence-electron chi connectivity index (χ4n) is 3.82. The van der Waals surface area contributed by atoms with Gasteiger partial charge in [-0.05, 0) is 78.9 Å². The standard InChI is InChI=1S/C28H28N2O/c1-19(2)23-17-22-11-8-14-30-27(22)24(18-23)21-10-7-9-20(15-21)16-25(28(3,4)31)26-12-5-6-13-29-26/h5-19,31H,1-4H3/b25-16+.